The molecule has 3 heterocycles. The van der Waals surface area contributed by atoms with Crippen LogP contribution in [0.25, 0.3) is 0 Å². The SMILES string of the molecule is CC(=O)OCC1OC(OC2CC3C(OC4OC(CO)C(O)C(O)C4O)CC(O)CC3OC2C2CCC(O)C(O)C2)C(O)C(O)C1O. The van der Waals surface area contributed by atoms with Crippen molar-refractivity contribution in [2.45, 2.75) is 150 Å². The summed E-state index contributed by atoms with van der Waals surface area (Å²) in [6.45, 7) is 0.0820. The number of fused-ring (bicyclic) bond motifs is 1. The summed E-state index contributed by atoms with van der Waals surface area (Å²) in [6.07, 6.45) is -20.0. The number of hydrogen-bond donors (Lipinski definition) is 10. The Labute approximate surface area is 265 Å². The molecule has 0 aromatic rings. The zero-order valence-electron chi connectivity index (χ0n) is 25.5. The molecule has 19 atom stereocenters. The van der Waals surface area contributed by atoms with E-state index in [1.807, 2.05) is 0 Å². The average molecular weight is 669 g/mol. The van der Waals surface area contributed by atoms with E-state index in [1.165, 1.54) is 0 Å². The Hall–Kier alpha value is -1.13. The monoisotopic (exact) mass is 668 g/mol. The normalized spacial score (nSPS) is 51.7. The molecule has 5 aliphatic rings. The summed E-state index contributed by atoms with van der Waals surface area (Å²) in [5.74, 6) is -1.51. The Balaban J connectivity index is 1.38. The highest BCUT2D eigenvalue weighted by Gasteiger charge is 2.54. The van der Waals surface area contributed by atoms with Crippen LogP contribution in [0.1, 0.15) is 45.4 Å². The van der Waals surface area contributed by atoms with Crippen LogP contribution in [0.2, 0.25) is 0 Å². The van der Waals surface area contributed by atoms with Crippen LogP contribution in [0.15, 0.2) is 0 Å². The molecule has 5 fully saturated rings. The van der Waals surface area contributed by atoms with Crippen LogP contribution in [-0.2, 0) is 33.2 Å². The van der Waals surface area contributed by atoms with E-state index in [9.17, 15) is 55.9 Å². The van der Waals surface area contributed by atoms with E-state index in [1.54, 1.807) is 0 Å². The van der Waals surface area contributed by atoms with E-state index in [4.69, 9.17) is 28.4 Å². The molecular weight excluding hydrogens is 620 g/mol. The van der Waals surface area contributed by atoms with Gasteiger partial charge in [-0.15, -0.1) is 0 Å². The lowest BCUT2D eigenvalue weighted by molar-refractivity contribution is -0.344. The fourth-order valence-corrected chi connectivity index (χ4v) is 7.43. The molecule has 3 aliphatic heterocycles. The van der Waals surface area contributed by atoms with Gasteiger partial charge in [-0.3, -0.25) is 4.79 Å². The van der Waals surface area contributed by atoms with Gasteiger partial charge in [0.15, 0.2) is 12.6 Å². The summed E-state index contributed by atoms with van der Waals surface area (Å²) in [6, 6.07) is 0. The molecule has 266 valence electrons. The Morgan fingerprint density at radius 2 is 1.28 bits per heavy atom. The molecule has 0 amide bonds. The zero-order chi connectivity index (χ0) is 33.4. The molecule has 5 rings (SSSR count). The van der Waals surface area contributed by atoms with Gasteiger partial charge < -0.3 is 79.5 Å². The Bertz CT molecular complexity index is 1000. The first-order chi connectivity index (χ1) is 21.8. The van der Waals surface area contributed by atoms with Gasteiger partial charge in [0, 0.05) is 19.3 Å². The van der Waals surface area contributed by atoms with Crippen LogP contribution in [0.3, 0.4) is 0 Å². The lowest BCUT2D eigenvalue weighted by Gasteiger charge is -2.52. The van der Waals surface area contributed by atoms with E-state index in [0.29, 0.717) is 6.42 Å². The maximum Gasteiger partial charge on any atom is 0.302 e. The quantitative estimate of drug-likeness (QED) is 0.109. The first-order valence-corrected chi connectivity index (χ1v) is 15.9. The van der Waals surface area contributed by atoms with Crippen LogP contribution in [-0.4, -0.2) is 174 Å². The molecule has 3 saturated heterocycles. The van der Waals surface area contributed by atoms with Gasteiger partial charge in [0.05, 0.1) is 49.3 Å². The van der Waals surface area contributed by atoms with Crippen molar-refractivity contribution in [2.75, 3.05) is 13.2 Å². The topological polar surface area (TPSA) is 275 Å². The molecule has 2 aliphatic carbocycles. The maximum atomic E-state index is 11.4. The molecule has 0 spiro atoms. The summed E-state index contributed by atoms with van der Waals surface area (Å²) in [4.78, 5) is 11.4. The molecular formula is C29H48O17. The van der Waals surface area contributed by atoms with Crippen LogP contribution in [0, 0.1) is 11.8 Å². The zero-order valence-corrected chi connectivity index (χ0v) is 25.5. The van der Waals surface area contributed by atoms with Crippen molar-refractivity contribution in [1.82, 2.24) is 0 Å². The van der Waals surface area contributed by atoms with E-state index in [-0.39, 0.29) is 38.0 Å². The smallest absolute Gasteiger partial charge is 0.302 e. The minimum Gasteiger partial charge on any atom is -0.463 e. The Morgan fingerprint density at radius 3 is 1.89 bits per heavy atom. The van der Waals surface area contributed by atoms with Gasteiger partial charge in [0.2, 0.25) is 0 Å². The lowest BCUT2D eigenvalue weighted by atomic mass is 9.72. The van der Waals surface area contributed by atoms with E-state index in [2.05, 4.69) is 0 Å². The number of carbonyl (C=O) groups excluding carboxylic acids is 1. The third-order valence-electron chi connectivity index (χ3n) is 10.0. The second-order valence-corrected chi connectivity index (χ2v) is 13.2. The first kappa shape index (κ1) is 36.2. The molecule has 10 N–H and O–H groups in total. The summed E-state index contributed by atoms with van der Waals surface area (Å²) >= 11 is 0. The number of aliphatic hydroxyl groups is 10. The molecule has 2 saturated carbocycles. The van der Waals surface area contributed by atoms with Crippen molar-refractivity contribution in [1.29, 1.82) is 0 Å². The van der Waals surface area contributed by atoms with Crippen molar-refractivity contribution in [3.63, 3.8) is 0 Å². The van der Waals surface area contributed by atoms with Gasteiger partial charge in [-0.2, -0.15) is 0 Å². The molecule has 0 aromatic carbocycles. The molecule has 46 heavy (non-hydrogen) atoms. The molecule has 0 aromatic heterocycles. The van der Waals surface area contributed by atoms with Crippen molar-refractivity contribution >= 4 is 5.97 Å². The van der Waals surface area contributed by atoms with Gasteiger partial charge in [0.1, 0.15) is 55.4 Å². The molecule has 17 nitrogen and oxygen atoms in total. The highest BCUT2D eigenvalue weighted by atomic mass is 16.7. The second-order valence-electron chi connectivity index (χ2n) is 13.2. The fraction of sp³-hybridized carbons (Fsp3) is 0.966. The second kappa shape index (κ2) is 15.2. The standard InChI is InChI=1S/C29H48O17/c1-10(31)41-9-20-22(36)24(38)26(40)29(46-20)44-18-7-13-16(42-27(18)11-2-3-14(33)15(34)4-11)5-12(32)6-17(13)43-28-25(39)23(37)21(35)19(8-30)45-28/h11-30,32-40H,2-9H2,1H3. The number of esters is 1. The minimum atomic E-state index is -1.71. The number of carbonyl (C=O) groups is 1. The average Bonchev–Trinajstić information content (AvgIpc) is 3.02. The lowest BCUT2D eigenvalue weighted by Crippen LogP contribution is -2.63. The molecule has 19 unspecified atom stereocenters. The van der Waals surface area contributed by atoms with Gasteiger partial charge in [-0.05, 0) is 38.0 Å². The van der Waals surface area contributed by atoms with Crippen LogP contribution >= 0.6 is 0 Å². The molecule has 0 radical (unpaired) electrons. The third kappa shape index (κ3) is 7.69. The summed E-state index contributed by atoms with van der Waals surface area (Å²) in [5.41, 5.74) is 0. The number of hydrogen-bond acceptors (Lipinski definition) is 17. The van der Waals surface area contributed by atoms with Crippen LogP contribution in [0.5, 0.6) is 0 Å². The molecule has 17 heteroatoms. The summed E-state index contributed by atoms with van der Waals surface area (Å²) in [5, 5.41) is 104. The van der Waals surface area contributed by atoms with E-state index < -0.39 is 129 Å². The number of ether oxygens (including phenoxy) is 6. The summed E-state index contributed by atoms with van der Waals surface area (Å²) in [7, 11) is 0. The minimum absolute atomic E-state index is 0.0726. The maximum absolute atomic E-state index is 11.4. The third-order valence-corrected chi connectivity index (χ3v) is 10.0. The Morgan fingerprint density at radius 1 is 0.674 bits per heavy atom. The van der Waals surface area contributed by atoms with Gasteiger partial charge in [0.25, 0.3) is 0 Å². The van der Waals surface area contributed by atoms with Gasteiger partial charge >= 0.3 is 5.97 Å². The van der Waals surface area contributed by atoms with Crippen molar-refractivity contribution in [3.8, 4) is 0 Å². The number of rotatable bonds is 8. The van der Waals surface area contributed by atoms with Crippen LogP contribution < -0.4 is 0 Å². The van der Waals surface area contributed by atoms with Crippen molar-refractivity contribution in [3.05, 3.63) is 0 Å². The molecule has 0 bridgehead atoms. The summed E-state index contributed by atoms with van der Waals surface area (Å²) < 4.78 is 35.2. The van der Waals surface area contributed by atoms with Gasteiger partial charge in [-0.1, -0.05) is 0 Å². The fourth-order valence-electron chi connectivity index (χ4n) is 7.43. The van der Waals surface area contributed by atoms with Crippen LogP contribution in [0.4, 0.5) is 0 Å². The Kier molecular flexibility index (Phi) is 11.9. The largest absolute Gasteiger partial charge is 0.463 e. The highest BCUT2D eigenvalue weighted by molar-refractivity contribution is 5.65. The van der Waals surface area contributed by atoms with Crippen molar-refractivity contribution < 1.29 is 84.3 Å². The first-order valence-electron chi connectivity index (χ1n) is 15.9. The van der Waals surface area contributed by atoms with Crippen molar-refractivity contribution in [2.24, 2.45) is 11.8 Å². The predicted molar refractivity (Wildman–Crippen MR) is 148 cm³/mol. The number of aliphatic hydroxyl groups excluding tert-OH is 10. The van der Waals surface area contributed by atoms with E-state index >= 15 is 0 Å². The predicted octanol–water partition coefficient (Wildman–Crippen LogP) is -4.62. The highest BCUT2D eigenvalue weighted by Crippen LogP contribution is 2.45. The van der Waals surface area contributed by atoms with Gasteiger partial charge in [-0.25, -0.2) is 0 Å². The van der Waals surface area contributed by atoms with E-state index in [0.717, 1.165) is 6.92 Å².